The monoisotopic (exact) mass is 236 g/mol. The molecule has 4 heteroatoms. The molecule has 1 aliphatic carbocycles. The van der Waals surface area contributed by atoms with E-state index >= 15 is 0 Å². The molecule has 1 aromatic heterocycles. The fraction of sp³-hybridized carbons (Fsp3) is 0.692. The average molecular weight is 236 g/mol. The van der Waals surface area contributed by atoms with E-state index in [1.807, 2.05) is 0 Å². The predicted octanol–water partition coefficient (Wildman–Crippen LogP) is 2.65. The molecule has 0 bridgehead atoms. The molecule has 0 spiro atoms. The van der Waals surface area contributed by atoms with E-state index in [-0.39, 0.29) is 0 Å². The summed E-state index contributed by atoms with van der Waals surface area (Å²) in [6.45, 7) is 2.19. The van der Waals surface area contributed by atoms with Crippen molar-refractivity contribution in [1.29, 1.82) is 0 Å². The van der Waals surface area contributed by atoms with Gasteiger partial charge in [0.05, 0.1) is 6.33 Å². The molecule has 1 aliphatic rings. The van der Waals surface area contributed by atoms with Crippen molar-refractivity contribution in [2.24, 2.45) is 5.92 Å². The second-order valence-corrected chi connectivity index (χ2v) is 5.04. The topological polar surface area (TPSA) is 55.1 Å². The number of carboxylic acids is 1. The first-order valence-corrected chi connectivity index (χ1v) is 6.41. The number of aliphatic carboxylic acids is 1. The number of hydrogen-bond donors (Lipinski definition) is 1. The number of carboxylic acid groups (broad SMARTS) is 1. The molecule has 94 valence electrons. The van der Waals surface area contributed by atoms with Gasteiger partial charge in [-0.05, 0) is 31.6 Å². The SMILES string of the molecule is CCCC1CCC(C(=O)O)(n2ccnc2)CC1. The van der Waals surface area contributed by atoms with Crippen LogP contribution in [-0.2, 0) is 10.3 Å². The van der Waals surface area contributed by atoms with Crippen molar-refractivity contribution in [3.63, 3.8) is 0 Å². The summed E-state index contributed by atoms with van der Waals surface area (Å²) in [6, 6.07) is 0. The molecule has 0 unspecified atom stereocenters. The third-order valence-electron chi connectivity index (χ3n) is 4.03. The minimum Gasteiger partial charge on any atom is -0.479 e. The smallest absolute Gasteiger partial charge is 0.329 e. The van der Waals surface area contributed by atoms with Gasteiger partial charge in [-0.15, -0.1) is 0 Å². The molecule has 0 aromatic carbocycles. The van der Waals surface area contributed by atoms with E-state index < -0.39 is 11.5 Å². The Morgan fingerprint density at radius 2 is 2.24 bits per heavy atom. The molecule has 1 heterocycles. The average Bonchev–Trinajstić information content (AvgIpc) is 2.84. The van der Waals surface area contributed by atoms with Crippen LogP contribution in [0.2, 0.25) is 0 Å². The lowest BCUT2D eigenvalue weighted by molar-refractivity contribution is -0.150. The molecule has 17 heavy (non-hydrogen) atoms. The van der Waals surface area contributed by atoms with Crippen molar-refractivity contribution in [1.82, 2.24) is 9.55 Å². The number of nitrogens with zero attached hydrogens (tertiary/aromatic N) is 2. The summed E-state index contributed by atoms with van der Waals surface area (Å²) in [5, 5.41) is 9.53. The normalized spacial score (nSPS) is 29.1. The van der Waals surface area contributed by atoms with Gasteiger partial charge in [-0.2, -0.15) is 0 Å². The minimum atomic E-state index is -0.749. The molecule has 0 radical (unpaired) electrons. The molecule has 1 fully saturated rings. The van der Waals surface area contributed by atoms with Gasteiger partial charge in [-0.1, -0.05) is 19.8 Å². The second kappa shape index (κ2) is 4.90. The summed E-state index contributed by atoms with van der Waals surface area (Å²) in [7, 11) is 0. The Morgan fingerprint density at radius 3 is 2.71 bits per heavy atom. The lowest BCUT2D eigenvalue weighted by atomic mass is 9.75. The Balaban J connectivity index is 2.14. The van der Waals surface area contributed by atoms with Crippen molar-refractivity contribution in [3.8, 4) is 0 Å². The molecule has 1 aromatic rings. The van der Waals surface area contributed by atoms with Gasteiger partial charge in [0.1, 0.15) is 5.54 Å². The number of hydrogen-bond acceptors (Lipinski definition) is 2. The Bertz CT molecular complexity index is 365. The van der Waals surface area contributed by atoms with Crippen LogP contribution in [-0.4, -0.2) is 20.6 Å². The van der Waals surface area contributed by atoms with Crippen LogP contribution in [0.5, 0.6) is 0 Å². The van der Waals surface area contributed by atoms with Crippen molar-refractivity contribution in [3.05, 3.63) is 18.7 Å². The molecule has 0 amide bonds. The van der Waals surface area contributed by atoms with E-state index in [1.54, 1.807) is 23.3 Å². The molecule has 0 aliphatic heterocycles. The molecular weight excluding hydrogens is 216 g/mol. The fourth-order valence-electron chi connectivity index (χ4n) is 2.95. The van der Waals surface area contributed by atoms with Crippen LogP contribution in [0, 0.1) is 5.92 Å². The van der Waals surface area contributed by atoms with E-state index in [9.17, 15) is 9.90 Å². The van der Waals surface area contributed by atoms with Crippen LogP contribution < -0.4 is 0 Å². The molecule has 0 saturated heterocycles. The summed E-state index contributed by atoms with van der Waals surface area (Å²) >= 11 is 0. The predicted molar refractivity (Wildman–Crippen MR) is 64.7 cm³/mol. The maximum Gasteiger partial charge on any atom is 0.329 e. The number of imidazole rings is 1. The first-order valence-electron chi connectivity index (χ1n) is 6.41. The standard InChI is InChI=1S/C13H20N2O2/c1-2-3-11-4-6-13(7-5-11,12(16)17)15-9-8-14-10-15/h8-11H,2-7H2,1H3,(H,16,17). The fourth-order valence-corrected chi connectivity index (χ4v) is 2.95. The van der Waals surface area contributed by atoms with Crippen molar-refractivity contribution in [2.75, 3.05) is 0 Å². The zero-order chi connectivity index (χ0) is 12.3. The molecule has 1 N–H and O–H groups in total. The third kappa shape index (κ3) is 2.21. The van der Waals surface area contributed by atoms with Gasteiger partial charge in [-0.25, -0.2) is 9.78 Å². The third-order valence-corrected chi connectivity index (χ3v) is 4.03. The summed E-state index contributed by atoms with van der Waals surface area (Å²) in [5.41, 5.74) is -0.749. The highest BCUT2D eigenvalue weighted by atomic mass is 16.4. The number of aromatic nitrogens is 2. The lowest BCUT2D eigenvalue weighted by Gasteiger charge is -2.37. The molecule has 1 saturated carbocycles. The maximum atomic E-state index is 11.6. The summed E-state index contributed by atoms with van der Waals surface area (Å²) in [6.07, 6.45) is 10.9. The van der Waals surface area contributed by atoms with E-state index in [4.69, 9.17) is 0 Å². The quantitative estimate of drug-likeness (QED) is 0.874. The molecule has 4 nitrogen and oxygen atoms in total. The van der Waals surface area contributed by atoms with Gasteiger partial charge in [0, 0.05) is 12.4 Å². The lowest BCUT2D eigenvalue weighted by Crippen LogP contribution is -2.44. The van der Waals surface area contributed by atoms with Gasteiger partial charge in [0.25, 0.3) is 0 Å². The van der Waals surface area contributed by atoms with Crippen LogP contribution >= 0.6 is 0 Å². The maximum absolute atomic E-state index is 11.6. The summed E-state index contributed by atoms with van der Waals surface area (Å²) in [4.78, 5) is 15.6. The summed E-state index contributed by atoms with van der Waals surface area (Å²) < 4.78 is 1.78. The number of carbonyl (C=O) groups is 1. The minimum absolute atomic E-state index is 0.705. The van der Waals surface area contributed by atoms with Crippen molar-refractivity contribution >= 4 is 5.97 Å². The van der Waals surface area contributed by atoms with Gasteiger partial charge < -0.3 is 9.67 Å². The van der Waals surface area contributed by atoms with Crippen LogP contribution in [0.25, 0.3) is 0 Å². The Labute approximate surface area is 102 Å². The van der Waals surface area contributed by atoms with E-state index in [2.05, 4.69) is 11.9 Å². The molecule has 0 atom stereocenters. The van der Waals surface area contributed by atoms with E-state index in [0.717, 1.165) is 25.7 Å². The largest absolute Gasteiger partial charge is 0.479 e. The Kier molecular flexibility index (Phi) is 3.50. The Morgan fingerprint density at radius 1 is 1.53 bits per heavy atom. The number of rotatable bonds is 4. The second-order valence-electron chi connectivity index (χ2n) is 5.04. The van der Waals surface area contributed by atoms with E-state index in [1.165, 1.54) is 12.8 Å². The van der Waals surface area contributed by atoms with Gasteiger partial charge in [-0.3, -0.25) is 0 Å². The van der Waals surface area contributed by atoms with E-state index in [0.29, 0.717) is 5.92 Å². The van der Waals surface area contributed by atoms with Gasteiger partial charge in [0.15, 0.2) is 0 Å². The first kappa shape index (κ1) is 12.1. The zero-order valence-electron chi connectivity index (χ0n) is 10.3. The van der Waals surface area contributed by atoms with Crippen LogP contribution in [0.3, 0.4) is 0 Å². The van der Waals surface area contributed by atoms with Crippen molar-refractivity contribution < 1.29 is 9.90 Å². The highest BCUT2D eigenvalue weighted by Crippen LogP contribution is 2.39. The van der Waals surface area contributed by atoms with Gasteiger partial charge >= 0.3 is 5.97 Å². The van der Waals surface area contributed by atoms with Crippen LogP contribution in [0.15, 0.2) is 18.7 Å². The van der Waals surface area contributed by atoms with Gasteiger partial charge in [0.2, 0.25) is 0 Å². The van der Waals surface area contributed by atoms with Crippen LogP contribution in [0.1, 0.15) is 45.4 Å². The zero-order valence-corrected chi connectivity index (χ0v) is 10.3. The highest BCUT2D eigenvalue weighted by molar-refractivity contribution is 5.76. The highest BCUT2D eigenvalue weighted by Gasteiger charge is 2.43. The molecule has 2 rings (SSSR count). The Hall–Kier alpha value is -1.32. The van der Waals surface area contributed by atoms with Crippen LogP contribution in [0.4, 0.5) is 0 Å². The van der Waals surface area contributed by atoms with Crippen molar-refractivity contribution in [2.45, 2.75) is 51.0 Å². The molecular formula is C13H20N2O2. The summed E-state index contributed by atoms with van der Waals surface area (Å²) in [5.74, 6) is -0.0126. The first-order chi connectivity index (χ1) is 8.19.